The Morgan fingerprint density at radius 3 is 2.82 bits per heavy atom. The Morgan fingerprint density at radius 1 is 1.15 bits per heavy atom. The van der Waals surface area contributed by atoms with Crippen molar-refractivity contribution >= 4 is 43.6 Å². The Morgan fingerprint density at radius 2 is 1.97 bits per heavy atom. The van der Waals surface area contributed by atoms with Gasteiger partial charge in [0, 0.05) is 26.2 Å². The van der Waals surface area contributed by atoms with Crippen LogP contribution in [-0.2, 0) is 16.1 Å². The normalized spacial score (nSPS) is 14.8. The van der Waals surface area contributed by atoms with E-state index in [1.54, 1.807) is 16.0 Å². The van der Waals surface area contributed by atoms with Crippen LogP contribution in [0.3, 0.4) is 0 Å². The molecular weight excluding hydrogens is 436 g/mol. The zero-order valence-electron chi connectivity index (χ0n) is 19.0. The highest BCUT2D eigenvalue weighted by Gasteiger charge is 2.22. The lowest BCUT2D eigenvalue weighted by Gasteiger charge is -2.27. The van der Waals surface area contributed by atoms with E-state index in [1.807, 2.05) is 29.2 Å². The fraction of sp³-hybridized carbons (Fsp3) is 0.417. The van der Waals surface area contributed by atoms with Crippen molar-refractivity contribution in [3.8, 4) is 0 Å². The number of rotatable bonds is 7. The zero-order chi connectivity index (χ0) is 22.8. The van der Waals surface area contributed by atoms with Gasteiger partial charge in [-0.2, -0.15) is 0 Å². The molecule has 0 aliphatic carbocycles. The number of morpholine rings is 1. The lowest BCUT2D eigenvalue weighted by atomic mass is 10.1. The summed E-state index contributed by atoms with van der Waals surface area (Å²) in [5.41, 5.74) is 4.99. The summed E-state index contributed by atoms with van der Waals surface area (Å²) in [5.74, 6) is -0.0268. The molecule has 0 radical (unpaired) electrons. The Labute approximate surface area is 196 Å². The predicted molar refractivity (Wildman–Crippen MR) is 131 cm³/mol. The van der Waals surface area contributed by atoms with Gasteiger partial charge < -0.3 is 4.74 Å². The monoisotopic (exact) mass is 464 g/mol. The van der Waals surface area contributed by atoms with E-state index in [9.17, 15) is 4.79 Å². The molecule has 0 unspecified atom stereocenters. The van der Waals surface area contributed by atoms with Crippen LogP contribution in [0.15, 0.2) is 36.4 Å². The minimum atomic E-state index is -0.0268. The molecule has 1 aliphatic rings. The van der Waals surface area contributed by atoms with Crippen LogP contribution < -0.4 is 4.90 Å². The number of benzene rings is 2. The number of carbonyl (C=O) groups excluding carboxylic acids is 1. The van der Waals surface area contributed by atoms with Crippen LogP contribution in [0.25, 0.3) is 21.3 Å². The van der Waals surface area contributed by atoms with Crippen molar-refractivity contribution < 1.29 is 9.53 Å². The number of hydrogen-bond donors (Lipinski definition) is 0. The molecule has 0 atom stereocenters. The number of carbonyl (C=O) groups is 1. The average molecular weight is 465 g/mol. The first-order valence-corrected chi connectivity index (χ1v) is 12.2. The molecular formula is C24H28N6O2S. The van der Waals surface area contributed by atoms with Crippen molar-refractivity contribution in [3.05, 3.63) is 47.5 Å². The molecule has 4 aromatic rings. The zero-order valence-corrected chi connectivity index (χ0v) is 19.8. The number of nitrogens with zero attached hydrogens (tertiary/aromatic N) is 6. The average Bonchev–Trinajstić information content (AvgIpc) is 3.45. The van der Waals surface area contributed by atoms with Crippen molar-refractivity contribution in [2.45, 2.75) is 26.8 Å². The van der Waals surface area contributed by atoms with Crippen molar-refractivity contribution in [1.29, 1.82) is 0 Å². The molecule has 1 saturated heterocycles. The minimum absolute atomic E-state index is 0.0268. The summed E-state index contributed by atoms with van der Waals surface area (Å²) in [4.78, 5) is 22.7. The summed E-state index contributed by atoms with van der Waals surface area (Å²) < 4.78 is 8.23. The van der Waals surface area contributed by atoms with E-state index in [1.165, 1.54) is 5.56 Å². The van der Waals surface area contributed by atoms with Crippen LogP contribution >= 0.6 is 11.3 Å². The smallest absolute Gasteiger partial charge is 0.250 e. The molecule has 172 valence electrons. The largest absolute Gasteiger partial charge is 0.379 e. The maximum Gasteiger partial charge on any atom is 0.250 e. The van der Waals surface area contributed by atoms with E-state index in [-0.39, 0.29) is 12.5 Å². The Kier molecular flexibility index (Phi) is 6.34. The van der Waals surface area contributed by atoms with Gasteiger partial charge in [-0.3, -0.25) is 14.6 Å². The molecule has 9 heteroatoms. The van der Waals surface area contributed by atoms with Gasteiger partial charge in [-0.1, -0.05) is 34.7 Å². The number of aromatic nitrogens is 4. The first-order valence-electron chi connectivity index (χ1n) is 11.4. The van der Waals surface area contributed by atoms with Gasteiger partial charge in [-0.05, 0) is 49.6 Å². The quantitative estimate of drug-likeness (QED) is 0.417. The molecule has 2 aromatic heterocycles. The summed E-state index contributed by atoms with van der Waals surface area (Å²) in [6, 6.07) is 11.9. The SMILES string of the molecule is Cc1ccc2sc(N(CCCN3CCOCC3)C(=O)Cn3nnc4ccccc43)nc2c1C. The van der Waals surface area contributed by atoms with Gasteiger partial charge in [0.15, 0.2) is 5.13 Å². The lowest BCUT2D eigenvalue weighted by molar-refractivity contribution is -0.119. The highest BCUT2D eigenvalue weighted by molar-refractivity contribution is 7.22. The van der Waals surface area contributed by atoms with E-state index in [4.69, 9.17) is 9.72 Å². The first kappa shape index (κ1) is 21.9. The van der Waals surface area contributed by atoms with Crippen LogP contribution in [0.2, 0.25) is 0 Å². The Hall–Kier alpha value is -2.88. The number of thiazole rings is 1. The molecule has 0 N–H and O–H groups in total. The van der Waals surface area contributed by atoms with Gasteiger partial charge in [-0.15, -0.1) is 5.10 Å². The van der Waals surface area contributed by atoms with Gasteiger partial charge >= 0.3 is 0 Å². The number of fused-ring (bicyclic) bond motifs is 2. The van der Waals surface area contributed by atoms with E-state index in [0.29, 0.717) is 6.54 Å². The number of aryl methyl sites for hydroxylation is 2. The fourth-order valence-electron chi connectivity index (χ4n) is 4.18. The highest BCUT2D eigenvalue weighted by atomic mass is 32.1. The summed E-state index contributed by atoms with van der Waals surface area (Å²) >= 11 is 1.57. The topological polar surface area (TPSA) is 76.4 Å². The number of amides is 1. The highest BCUT2D eigenvalue weighted by Crippen LogP contribution is 2.32. The fourth-order valence-corrected chi connectivity index (χ4v) is 5.25. The first-order chi connectivity index (χ1) is 16.1. The lowest BCUT2D eigenvalue weighted by Crippen LogP contribution is -2.40. The van der Waals surface area contributed by atoms with Gasteiger partial charge in [0.1, 0.15) is 12.1 Å². The summed E-state index contributed by atoms with van der Waals surface area (Å²) in [5, 5.41) is 9.15. The maximum absolute atomic E-state index is 13.5. The Bertz CT molecular complexity index is 1280. The van der Waals surface area contributed by atoms with Crippen LogP contribution in [0.4, 0.5) is 5.13 Å². The summed E-state index contributed by atoms with van der Waals surface area (Å²) in [7, 11) is 0. The molecule has 0 saturated carbocycles. The van der Waals surface area contributed by atoms with E-state index < -0.39 is 0 Å². The maximum atomic E-state index is 13.5. The van der Waals surface area contributed by atoms with Crippen molar-refractivity contribution in [2.24, 2.45) is 0 Å². The second-order valence-corrected chi connectivity index (χ2v) is 9.45. The summed E-state index contributed by atoms with van der Waals surface area (Å²) in [6.45, 7) is 9.30. The van der Waals surface area contributed by atoms with Crippen molar-refractivity contribution in [2.75, 3.05) is 44.3 Å². The molecule has 1 fully saturated rings. The van der Waals surface area contributed by atoms with E-state index >= 15 is 0 Å². The molecule has 33 heavy (non-hydrogen) atoms. The number of ether oxygens (including phenoxy) is 1. The second kappa shape index (κ2) is 9.54. The molecule has 0 spiro atoms. The van der Waals surface area contributed by atoms with Crippen LogP contribution in [0.5, 0.6) is 0 Å². The third-order valence-corrected chi connectivity index (χ3v) is 7.31. The molecule has 8 nitrogen and oxygen atoms in total. The number of para-hydroxylation sites is 1. The third-order valence-electron chi connectivity index (χ3n) is 6.27. The molecule has 2 aromatic carbocycles. The van der Waals surface area contributed by atoms with Crippen LogP contribution in [0, 0.1) is 13.8 Å². The summed E-state index contributed by atoms with van der Waals surface area (Å²) in [6.07, 6.45) is 0.873. The second-order valence-electron chi connectivity index (χ2n) is 8.44. The predicted octanol–water partition coefficient (Wildman–Crippen LogP) is 3.41. The number of anilines is 1. The van der Waals surface area contributed by atoms with Crippen LogP contribution in [0.1, 0.15) is 17.5 Å². The van der Waals surface area contributed by atoms with E-state index in [0.717, 1.165) is 71.2 Å². The minimum Gasteiger partial charge on any atom is -0.379 e. The number of hydrogen-bond acceptors (Lipinski definition) is 7. The van der Waals surface area contributed by atoms with Crippen molar-refractivity contribution in [3.63, 3.8) is 0 Å². The van der Waals surface area contributed by atoms with Crippen LogP contribution in [-0.4, -0.2) is 70.2 Å². The Balaban J connectivity index is 1.40. The molecule has 5 rings (SSSR count). The molecule has 3 heterocycles. The van der Waals surface area contributed by atoms with E-state index in [2.05, 4.69) is 41.2 Å². The van der Waals surface area contributed by atoms with Crippen molar-refractivity contribution in [1.82, 2.24) is 24.9 Å². The van der Waals surface area contributed by atoms with Gasteiger partial charge in [-0.25, -0.2) is 9.67 Å². The molecule has 0 bridgehead atoms. The molecule has 1 amide bonds. The molecule has 1 aliphatic heterocycles. The van der Waals surface area contributed by atoms with Gasteiger partial charge in [0.25, 0.3) is 5.91 Å². The van der Waals surface area contributed by atoms with Gasteiger partial charge in [0.05, 0.1) is 28.9 Å². The standard InChI is InChI=1S/C24H28N6O2S/c1-17-8-9-21-23(18(17)2)25-24(33-21)29(11-5-10-28-12-14-32-15-13-28)22(31)16-30-20-7-4-3-6-19(20)26-27-30/h3-4,6-9H,5,10-16H2,1-2H3. The third kappa shape index (κ3) is 4.62. The van der Waals surface area contributed by atoms with Gasteiger partial charge in [0.2, 0.25) is 0 Å².